The third-order valence-corrected chi connectivity index (χ3v) is 5.00. The first-order valence-corrected chi connectivity index (χ1v) is 10.2. The molecule has 0 saturated carbocycles. The van der Waals surface area contributed by atoms with Crippen LogP contribution < -0.4 is 19.5 Å². The number of carbonyl (C=O) groups excluding carboxylic acids is 1. The van der Waals surface area contributed by atoms with Crippen LogP contribution in [0.5, 0.6) is 17.2 Å². The van der Waals surface area contributed by atoms with Crippen molar-refractivity contribution < 1.29 is 19.0 Å². The lowest BCUT2D eigenvalue weighted by Gasteiger charge is -2.12. The van der Waals surface area contributed by atoms with E-state index >= 15 is 0 Å². The first kappa shape index (κ1) is 21.9. The molecule has 2 heterocycles. The first-order valence-electron chi connectivity index (χ1n) is 10.2. The maximum atomic E-state index is 12.7. The van der Waals surface area contributed by atoms with Crippen LogP contribution in [0.1, 0.15) is 11.3 Å². The van der Waals surface area contributed by atoms with Crippen molar-refractivity contribution in [1.82, 2.24) is 14.8 Å². The van der Waals surface area contributed by atoms with Gasteiger partial charge in [0.2, 0.25) is 11.7 Å². The third-order valence-electron chi connectivity index (χ3n) is 5.00. The van der Waals surface area contributed by atoms with Crippen molar-refractivity contribution in [1.29, 1.82) is 0 Å². The van der Waals surface area contributed by atoms with Crippen molar-refractivity contribution >= 4 is 28.7 Å². The van der Waals surface area contributed by atoms with E-state index in [0.717, 1.165) is 22.2 Å². The lowest BCUT2D eigenvalue weighted by atomic mass is 10.1. The van der Waals surface area contributed by atoms with Gasteiger partial charge in [-0.1, -0.05) is 18.2 Å². The Kier molecular flexibility index (Phi) is 6.26. The van der Waals surface area contributed by atoms with Crippen LogP contribution in [0.3, 0.4) is 0 Å². The van der Waals surface area contributed by atoms with Crippen molar-refractivity contribution in [2.24, 2.45) is 0 Å². The summed E-state index contributed by atoms with van der Waals surface area (Å²) in [4.78, 5) is 17.3. The van der Waals surface area contributed by atoms with Gasteiger partial charge in [-0.2, -0.15) is 9.78 Å². The minimum atomic E-state index is -0.314. The van der Waals surface area contributed by atoms with Crippen molar-refractivity contribution in [2.45, 2.75) is 6.92 Å². The van der Waals surface area contributed by atoms with Gasteiger partial charge in [0.25, 0.3) is 0 Å². The van der Waals surface area contributed by atoms with Crippen LogP contribution in [0.4, 0.5) is 5.82 Å². The molecule has 4 rings (SSSR count). The Labute approximate surface area is 191 Å². The fraction of sp³-hybridized carbons (Fsp3) is 0.160. The van der Waals surface area contributed by atoms with Gasteiger partial charge in [-0.3, -0.25) is 4.79 Å². The number of carbonyl (C=O) groups is 1. The molecule has 2 aromatic carbocycles. The van der Waals surface area contributed by atoms with Crippen molar-refractivity contribution in [3.63, 3.8) is 0 Å². The highest BCUT2D eigenvalue weighted by Gasteiger charge is 2.13. The standard InChI is InChI=1S/C25H24N4O4/c1-16-13-23(29(28-16)22-11-10-18-7-5-6-8-19(18)26-22)27-24(30)12-9-17-14-20(31-2)25(33-4)21(15-17)32-3/h5-15H,1-4H3,(H,27,30)/b12-9+. The Morgan fingerprint density at radius 1 is 0.970 bits per heavy atom. The summed E-state index contributed by atoms with van der Waals surface area (Å²) in [6.07, 6.45) is 3.10. The van der Waals surface area contributed by atoms with Crippen molar-refractivity contribution in [3.8, 4) is 23.1 Å². The highest BCUT2D eigenvalue weighted by molar-refractivity contribution is 6.01. The van der Waals surface area contributed by atoms with Gasteiger partial charge in [0.05, 0.1) is 32.5 Å². The molecular formula is C25H24N4O4. The molecule has 8 nitrogen and oxygen atoms in total. The molecule has 0 spiro atoms. The molecule has 4 aromatic rings. The summed E-state index contributed by atoms with van der Waals surface area (Å²) in [5.41, 5.74) is 2.33. The summed E-state index contributed by atoms with van der Waals surface area (Å²) in [7, 11) is 4.63. The zero-order chi connectivity index (χ0) is 23.4. The second kappa shape index (κ2) is 9.44. The fourth-order valence-corrected chi connectivity index (χ4v) is 3.47. The zero-order valence-corrected chi connectivity index (χ0v) is 18.8. The number of amides is 1. The van der Waals surface area contributed by atoms with E-state index in [1.165, 1.54) is 6.08 Å². The zero-order valence-electron chi connectivity index (χ0n) is 18.8. The Bertz CT molecular complexity index is 1320. The summed E-state index contributed by atoms with van der Waals surface area (Å²) in [5, 5.41) is 8.40. The topological polar surface area (TPSA) is 87.5 Å². The number of ether oxygens (including phenoxy) is 3. The van der Waals surface area contributed by atoms with E-state index in [2.05, 4.69) is 15.4 Å². The Morgan fingerprint density at radius 3 is 2.39 bits per heavy atom. The van der Waals surface area contributed by atoms with Gasteiger partial charge in [0.1, 0.15) is 5.82 Å². The SMILES string of the molecule is COc1cc(/C=C/C(=O)Nc2cc(C)nn2-c2ccc3ccccc3n2)cc(OC)c1OC. The molecule has 0 radical (unpaired) electrons. The number of fused-ring (bicyclic) bond motifs is 1. The molecule has 0 aliphatic rings. The molecule has 0 aliphatic heterocycles. The average molecular weight is 444 g/mol. The molecule has 2 aromatic heterocycles. The lowest BCUT2D eigenvalue weighted by Crippen LogP contribution is -2.13. The molecule has 168 valence electrons. The smallest absolute Gasteiger partial charge is 0.249 e. The van der Waals surface area contributed by atoms with Crippen LogP contribution in [-0.4, -0.2) is 42.0 Å². The maximum absolute atomic E-state index is 12.7. The summed E-state index contributed by atoms with van der Waals surface area (Å²) in [6, 6.07) is 17.0. The van der Waals surface area contributed by atoms with E-state index in [4.69, 9.17) is 14.2 Å². The van der Waals surface area contributed by atoms with Crippen LogP contribution in [0.25, 0.3) is 22.8 Å². The Morgan fingerprint density at radius 2 is 1.70 bits per heavy atom. The monoisotopic (exact) mass is 444 g/mol. The van der Waals surface area contributed by atoms with E-state index < -0.39 is 0 Å². The van der Waals surface area contributed by atoms with Gasteiger partial charge in [-0.15, -0.1) is 0 Å². The second-order valence-corrected chi connectivity index (χ2v) is 7.23. The first-order chi connectivity index (χ1) is 16.0. The number of rotatable bonds is 7. The lowest BCUT2D eigenvalue weighted by molar-refractivity contribution is -0.111. The average Bonchev–Trinajstić information content (AvgIpc) is 3.21. The van der Waals surface area contributed by atoms with E-state index in [-0.39, 0.29) is 5.91 Å². The highest BCUT2D eigenvalue weighted by atomic mass is 16.5. The van der Waals surface area contributed by atoms with E-state index in [9.17, 15) is 4.79 Å². The normalized spacial score (nSPS) is 11.0. The number of nitrogens with zero attached hydrogens (tertiary/aromatic N) is 3. The number of hydrogen-bond acceptors (Lipinski definition) is 6. The van der Waals surface area contributed by atoms with Gasteiger partial charge in [-0.05, 0) is 48.9 Å². The van der Waals surface area contributed by atoms with Crippen molar-refractivity contribution in [3.05, 3.63) is 71.9 Å². The molecular weight excluding hydrogens is 420 g/mol. The number of anilines is 1. The van der Waals surface area contributed by atoms with Gasteiger partial charge < -0.3 is 19.5 Å². The van der Waals surface area contributed by atoms with Crippen LogP contribution in [0.15, 0.2) is 60.7 Å². The van der Waals surface area contributed by atoms with E-state index in [0.29, 0.717) is 28.9 Å². The number of hydrogen-bond donors (Lipinski definition) is 1. The quantitative estimate of drug-likeness (QED) is 0.425. The van der Waals surface area contributed by atoms with Crippen LogP contribution in [0, 0.1) is 6.92 Å². The molecule has 33 heavy (non-hydrogen) atoms. The maximum Gasteiger partial charge on any atom is 0.249 e. The predicted molar refractivity (Wildman–Crippen MR) is 127 cm³/mol. The number of pyridine rings is 1. The molecule has 0 bridgehead atoms. The molecule has 0 aliphatic carbocycles. The fourth-order valence-electron chi connectivity index (χ4n) is 3.47. The van der Waals surface area contributed by atoms with Crippen LogP contribution in [-0.2, 0) is 4.79 Å². The van der Waals surface area contributed by atoms with Gasteiger partial charge >= 0.3 is 0 Å². The molecule has 1 N–H and O–H groups in total. The van der Waals surface area contributed by atoms with Gasteiger partial charge in [0, 0.05) is 17.5 Å². The minimum Gasteiger partial charge on any atom is -0.493 e. The van der Waals surface area contributed by atoms with E-state index in [1.807, 2.05) is 43.3 Å². The number of para-hydroxylation sites is 1. The molecule has 8 heteroatoms. The number of methoxy groups -OCH3 is 3. The third kappa shape index (κ3) is 4.64. The Hall–Kier alpha value is -4.33. The summed E-state index contributed by atoms with van der Waals surface area (Å²) in [5.74, 6) is 2.33. The molecule has 0 fully saturated rings. The van der Waals surface area contributed by atoms with Gasteiger partial charge in [-0.25, -0.2) is 4.98 Å². The summed E-state index contributed by atoms with van der Waals surface area (Å²) >= 11 is 0. The number of aryl methyl sites for hydroxylation is 1. The molecule has 0 unspecified atom stereocenters. The largest absolute Gasteiger partial charge is 0.493 e. The van der Waals surface area contributed by atoms with Crippen molar-refractivity contribution in [2.75, 3.05) is 26.6 Å². The molecule has 0 atom stereocenters. The minimum absolute atomic E-state index is 0.314. The van der Waals surface area contributed by atoms with Crippen LogP contribution >= 0.6 is 0 Å². The second-order valence-electron chi connectivity index (χ2n) is 7.23. The number of benzene rings is 2. The predicted octanol–water partition coefficient (Wildman–Crippen LogP) is 4.41. The van der Waals surface area contributed by atoms with E-state index in [1.54, 1.807) is 50.3 Å². The summed E-state index contributed by atoms with van der Waals surface area (Å²) in [6.45, 7) is 1.86. The van der Waals surface area contributed by atoms with Gasteiger partial charge in [0.15, 0.2) is 17.3 Å². The number of aromatic nitrogens is 3. The summed E-state index contributed by atoms with van der Waals surface area (Å²) < 4.78 is 17.7. The molecule has 1 amide bonds. The van der Waals surface area contributed by atoms with Crippen LogP contribution in [0.2, 0.25) is 0 Å². The molecule has 0 saturated heterocycles. The highest BCUT2D eigenvalue weighted by Crippen LogP contribution is 2.38. The number of nitrogens with one attached hydrogen (secondary N) is 1. The Balaban J connectivity index is 1.58.